The van der Waals surface area contributed by atoms with Gasteiger partial charge in [0.1, 0.15) is 5.75 Å². The lowest BCUT2D eigenvalue weighted by Crippen LogP contribution is -2.14. The van der Waals surface area contributed by atoms with Gasteiger partial charge in [0, 0.05) is 13.1 Å². The first-order valence-electron chi connectivity index (χ1n) is 7.73. The lowest BCUT2D eigenvalue weighted by Gasteiger charge is -2.09. The van der Waals surface area contributed by atoms with Crippen molar-refractivity contribution < 1.29 is 4.74 Å². The van der Waals surface area contributed by atoms with Crippen molar-refractivity contribution >= 4 is 0 Å². The van der Waals surface area contributed by atoms with Crippen molar-refractivity contribution in [2.75, 3.05) is 6.54 Å². The van der Waals surface area contributed by atoms with E-state index < -0.39 is 0 Å². The largest absolute Gasteiger partial charge is 0.454 e. The van der Waals surface area contributed by atoms with E-state index in [9.17, 15) is 0 Å². The lowest BCUT2D eigenvalue weighted by molar-refractivity contribution is 0.479. The molecule has 0 unspecified atom stereocenters. The van der Waals surface area contributed by atoms with Gasteiger partial charge in [-0.15, -0.1) is 0 Å². The van der Waals surface area contributed by atoms with E-state index in [1.807, 2.05) is 16.9 Å². The zero-order valence-corrected chi connectivity index (χ0v) is 13.2. The summed E-state index contributed by atoms with van der Waals surface area (Å²) in [5.41, 5.74) is 2.56. The zero-order chi connectivity index (χ0) is 15.1. The van der Waals surface area contributed by atoms with Crippen molar-refractivity contribution in [3.63, 3.8) is 0 Å². The normalized spacial score (nSPS) is 10.8. The van der Waals surface area contributed by atoms with E-state index in [2.05, 4.69) is 43.3 Å². The van der Waals surface area contributed by atoms with Crippen molar-refractivity contribution in [3.8, 4) is 11.5 Å². The number of benzene rings is 1. The molecule has 1 heterocycles. The van der Waals surface area contributed by atoms with Gasteiger partial charge in [-0.3, -0.25) is 4.68 Å². The van der Waals surface area contributed by atoms with E-state index in [4.69, 9.17) is 4.74 Å². The van der Waals surface area contributed by atoms with Gasteiger partial charge in [0.15, 0.2) is 5.75 Å². The van der Waals surface area contributed by atoms with Crippen molar-refractivity contribution in [2.45, 2.75) is 46.7 Å². The molecule has 1 aromatic heterocycles. The van der Waals surface area contributed by atoms with E-state index in [0.717, 1.165) is 44.0 Å². The Morgan fingerprint density at radius 2 is 2.05 bits per heavy atom. The first-order valence-corrected chi connectivity index (χ1v) is 7.73. The van der Waals surface area contributed by atoms with Gasteiger partial charge in [0.25, 0.3) is 0 Å². The summed E-state index contributed by atoms with van der Waals surface area (Å²) < 4.78 is 7.77. The first kappa shape index (κ1) is 15.6. The summed E-state index contributed by atoms with van der Waals surface area (Å²) in [5, 5.41) is 7.70. The fraction of sp³-hybridized carbons (Fsp3) is 0.471. The molecule has 0 fully saturated rings. The third kappa shape index (κ3) is 4.60. The number of ether oxygens (including phenoxy) is 1. The van der Waals surface area contributed by atoms with Gasteiger partial charge in [-0.25, -0.2) is 0 Å². The molecule has 0 aliphatic heterocycles. The van der Waals surface area contributed by atoms with Crippen molar-refractivity contribution in [1.82, 2.24) is 15.1 Å². The van der Waals surface area contributed by atoms with Gasteiger partial charge in [-0.2, -0.15) is 5.10 Å². The molecule has 0 saturated carbocycles. The predicted octanol–water partition coefficient (Wildman–Crippen LogP) is 3.89. The van der Waals surface area contributed by atoms with Crippen molar-refractivity contribution in [2.24, 2.45) is 0 Å². The summed E-state index contributed by atoms with van der Waals surface area (Å²) in [6.45, 7) is 9.32. The van der Waals surface area contributed by atoms with Crippen LogP contribution in [0, 0.1) is 6.92 Å². The fourth-order valence-corrected chi connectivity index (χ4v) is 2.21. The number of aromatic nitrogens is 2. The third-order valence-corrected chi connectivity index (χ3v) is 3.35. The number of rotatable bonds is 8. The Morgan fingerprint density at radius 1 is 1.19 bits per heavy atom. The Hall–Kier alpha value is -1.81. The van der Waals surface area contributed by atoms with Gasteiger partial charge in [-0.05, 0) is 49.6 Å². The Morgan fingerprint density at radius 3 is 2.76 bits per heavy atom. The van der Waals surface area contributed by atoms with Gasteiger partial charge in [0.2, 0.25) is 0 Å². The second-order valence-corrected chi connectivity index (χ2v) is 5.31. The minimum atomic E-state index is 0.791. The molecule has 4 nitrogen and oxygen atoms in total. The number of nitrogens with one attached hydrogen (secondary N) is 1. The highest BCUT2D eigenvalue weighted by atomic mass is 16.5. The summed E-state index contributed by atoms with van der Waals surface area (Å²) in [7, 11) is 0. The minimum absolute atomic E-state index is 0.791. The average molecular weight is 287 g/mol. The number of hydrogen-bond donors (Lipinski definition) is 1. The Bertz CT molecular complexity index is 563. The zero-order valence-electron chi connectivity index (χ0n) is 13.2. The maximum Gasteiger partial charge on any atom is 0.165 e. The highest BCUT2D eigenvalue weighted by Crippen LogP contribution is 2.23. The molecular weight excluding hydrogens is 262 g/mol. The molecule has 1 aromatic carbocycles. The van der Waals surface area contributed by atoms with Crippen molar-refractivity contribution in [1.29, 1.82) is 0 Å². The van der Waals surface area contributed by atoms with Crippen LogP contribution in [-0.2, 0) is 13.1 Å². The predicted molar refractivity (Wildman–Crippen MR) is 85.8 cm³/mol. The van der Waals surface area contributed by atoms with Crippen molar-refractivity contribution in [3.05, 3.63) is 41.7 Å². The molecule has 0 saturated heterocycles. The van der Waals surface area contributed by atoms with Gasteiger partial charge < -0.3 is 10.1 Å². The molecule has 0 spiro atoms. The van der Waals surface area contributed by atoms with E-state index in [1.165, 1.54) is 11.1 Å². The summed E-state index contributed by atoms with van der Waals surface area (Å²) >= 11 is 0. The molecule has 0 amide bonds. The molecule has 0 aliphatic rings. The molecule has 2 rings (SSSR count). The lowest BCUT2D eigenvalue weighted by atomic mass is 10.1. The summed E-state index contributed by atoms with van der Waals surface area (Å²) in [6.07, 6.45) is 5.93. The SMILES string of the molecule is CCCNCc1ccc(Oc2cnn(CCC)c2)cc1C. The first-order chi connectivity index (χ1) is 10.2. The second kappa shape index (κ2) is 7.84. The average Bonchev–Trinajstić information content (AvgIpc) is 2.89. The van der Waals surface area contributed by atoms with E-state index in [-0.39, 0.29) is 0 Å². The maximum atomic E-state index is 5.86. The third-order valence-electron chi connectivity index (χ3n) is 3.35. The molecule has 2 aromatic rings. The van der Waals surface area contributed by atoms with Crippen LogP contribution in [0.1, 0.15) is 37.8 Å². The van der Waals surface area contributed by atoms with Gasteiger partial charge in [0.05, 0.1) is 12.4 Å². The second-order valence-electron chi connectivity index (χ2n) is 5.31. The Balaban J connectivity index is 1.98. The Labute approximate surface area is 127 Å². The van der Waals surface area contributed by atoms with Crippen LogP contribution in [0.15, 0.2) is 30.6 Å². The van der Waals surface area contributed by atoms with Crippen LogP contribution in [0.5, 0.6) is 11.5 Å². The smallest absolute Gasteiger partial charge is 0.165 e. The molecule has 0 radical (unpaired) electrons. The minimum Gasteiger partial charge on any atom is -0.454 e. The standard InChI is InChI=1S/C17H25N3O/c1-4-8-18-11-15-6-7-16(10-14(15)3)21-17-12-19-20(13-17)9-5-2/h6-7,10,12-13,18H,4-5,8-9,11H2,1-3H3. The topological polar surface area (TPSA) is 39.1 Å². The number of aryl methyl sites for hydroxylation is 2. The monoisotopic (exact) mass is 287 g/mol. The highest BCUT2D eigenvalue weighted by Gasteiger charge is 2.04. The molecule has 114 valence electrons. The molecular formula is C17H25N3O. The fourth-order valence-electron chi connectivity index (χ4n) is 2.21. The summed E-state index contributed by atoms with van der Waals surface area (Å²) in [6, 6.07) is 6.23. The van der Waals surface area contributed by atoms with Crippen LogP contribution in [-0.4, -0.2) is 16.3 Å². The van der Waals surface area contributed by atoms with Crippen LogP contribution in [0.4, 0.5) is 0 Å². The quantitative estimate of drug-likeness (QED) is 0.749. The number of nitrogens with zero attached hydrogens (tertiary/aromatic N) is 2. The van der Waals surface area contributed by atoms with Crippen LogP contribution < -0.4 is 10.1 Å². The molecule has 0 atom stereocenters. The van der Waals surface area contributed by atoms with Crippen LogP contribution in [0.3, 0.4) is 0 Å². The van der Waals surface area contributed by atoms with Crippen LogP contribution in [0.25, 0.3) is 0 Å². The molecule has 0 aliphatic carbocycles. The highest BCUT2D eigenvalue weighted by molar-refractivity contribution is 5.37. The number of hydrogen-bond acceptors (Lipinski definition) is 3. The summed E-state index contributed by atoms with van der Waals surface area (Å²) in [5.74, 6) is 1.66. The van der Waals surface area contributed by atoms with E-state index in [1.54, 1.807) is 6.20 Å². The molecule has 21 heavy (non-hydrogen) atoms. The van der Waals surface area contributed by atoms with Crippen LogP contribution >= 0.6 is 0 Å². The molecule has 1 N–H and O–H groups in total. The van der Waals surface area contributed by atoms with E-state index in [0.29, 0.717) is 0 Å². The summed E-state index contributed by atoms with van der Waals surface area (Å²) in [4.78, 5) is 0. The molecule has 4 heteroatoms. The van der Waals surface area contributed by atoms with E-state index >= 15 is 0 Å². The maximum absolute atomic E-state index is 5.86. The Kier molecular flexibility index (Phi) is 5.81. The van der Waals surface area contributed by atoms with Crippen LogP contribution in [0.2, 0.25) is 0 Å². The van der Waals surface area contributed by atoms with Gasteiger partial charge in [-0.1, -0.05) is 19.9 Å². The van der Waals surface area contributed by atoms with Gasteiger partial charge >= 0.3 is 0 Å². The molecule has 0 bridgehead atoms.